The summed E-state index contributed by atoms with van der Waals surface area (Å²) in [6.45, 7) is -0.614. The number of nitrogens with one attached hydrogen (secondary N) is 2. The quantitative estimate of drug-likeness (QED) is 0.755. The Kier molecular flexibility index (Phi) is 6.01. The van der Waals surface area contributed by atoms with Crippen LogP contribution >= 0.6 is 0 Å². The predicted octanol–water partition coefficient (Wildman–Crippen LogP) is 1.05. The molecule has 0 radical (unpaired) electrons. The number of rotatable bonds is 5. The summed E-state index contributed by atoms with van der Waals surface area (Å²) in [5.74, 6) is -3.10. The van der Waals surface area contributed by atoms with E-state index < -0.39 is 40.0 Å². The van der Waals surface area contributed by atoms with Crippen molar-refractivity contribution in [1.29, 1.82) is 0 Å². The summed E-state index contributed by atoms with van der Waals surface area (Å²) in [6, 6.07) is 9.26. The molecule has 0 atom stereocenters. The van der Waals surface area contributed by atoms with Gasteiger partial charge in [0, 0.05) is 7.05 Å². The average Bonchev–Trinajstić information content (AvgIpc) is 2.60. The van der Waals surface area contributed by atoms with Gasteiger partial charge in [0.15, 0.2) is 0 Å². The predicted molar refractivity (Wildman–Crippen MR) is 88.2 cm³/mol. The molecule has 26 heavy (non-hydrogen) atoms. The summed E-state index contributed by atoms with van der Waals surface area (Å²) in [7, 11) is -2.87. The zero-order chi connectivity index (χ0) is 19.3. The van der Waals surface area contributed by atoms with Gasteiger partial charge in [-0.05, 0) is 36.4 Å². The molecule has 2 amide bonds. The van der Waals surface area contributed by atoms with Crippen molar-refractivity contribution >= 4 is 21.8 Å². The highest BCUT2D eigenvalue weighted by molar-refractivity contribution is 7.89. The Morgan fingerprint density at radius 2 is 1.62 bits per heavy atom. The van der Waals surface area contributed by atoms with Crippen molar-refractivity contribution in [3.63, 3.8) is 0 Å². The summed E-state index contributed by atoms with van der Waals surface area (Å²) >= 11 is 0. The Bertz CT molecular complexity index is 917. The third-order valence-corrected chi connectivity index (χ3v) is 5.14. The van der Waals surface area contributed by atoms with Gasteiger partial charge in [0.25, 0.3) is 11.8 Å². The molecule has 0 saturated heterocycles. The van der Waals surface area contributed by atoms with Crippen molar-refractivity contribution in [2.75, 3.05) is 13.6 Å². The van der Waals surface area contributed by atoms with Crippen LogP contribution in [-0.4, -0.2) is 38.1 Å². The number of halogens is 2. The number of carbonyl (C=O) groups excluding carboxylic acids is 2. The monoisotopic (exact) mass is 383 g/mol. The lowest BCUT2D eigenvalue weighted by molar-refractivity contribution is -0.121. The number of carbonyl (C=O) groups is 2. The molecule has 0 aliphatic heterocycles. The van der Waals surface area contributed by atoms with Crippen LogP contribution in [0.1, 0.15) is 10.4 Å². The Labute approximate surface area is 148 Å². The molecule has 2 aromatic rings. The first-order valence-corrected chi connectivity index (χ1v) is 8.71. The molecule has 7 nitrogen and oxygen atoms in total. The molecule has 2 rings (SSSR count). The molecule has 2 aromatic carbocycles. The number of hydrogen-bond donors (Lipinski definition) is 2. The SMILES string of the molecule is CN(CC(=O)NNC(=O)c1ccccc1F)S(=O)(=O)c1ccc(F)cc1. The van der Waals surface area contributed by atoms with E-state index >= 15 is 0 Å². The minimum atomic E-state index is -4.02. The van der Waals surface area contributed by atoms with Crippen LogP contribution in [0.3, 0.4) is 0 Å². The fourth-order valence-electron chi connectivity index (χ4n) is 1.95. The summed E-state index contributed by atoms with van der Waals surface area (Å²) in [5, 5.41) is 0. The number of nitrogens with zero attached hydrogens (tertiary/aromatic N) is 1. The normalized spacial score (nSPS) is 11.2. The van der Waals surface area contributed by atoms with E-state index in [1.54, 1.807) is 0 Å². The van der Waals surface area contributed by atoms with Gasteiger partial charge in [0.1, 0.15) is 11.6 Å². The zero-order valence-electron chi connectivity index (χ0n) is 13.6. The minimum Gasteiger partial charge on any atom is -0.272 e. The Hall–Kier alpha value is -2.85. The smallest absolute Gasteiger partial charge is 0.272 e. The van der Waals surface area contributed by atoms with Gasteiger partial charge in [-0.2, -0.15) is 4.31 Å². The second-order valence-electron chi connectivity index (χ2n) is 5.20. The van der Waals surface area contributed by atoms with Gasteiger partial charge in [-0.3, -0.25) is 20.4 Å². The van der Waals surface area contributed by atoms with E-state index in [0.717, 1.165) is 41.7 Å². The van der Waals surface area contributed by atoms with Crippen molar-refractivity contribution in [2.45, 2.75) is 4.90 Å². The van der Waals surface area contributed by atoms with Crippen molar-refractivity contribution in [2.24, 2.45) is 0 Å². The van der Waals surface area contributed by atoms with Gasteiger partial charge in [-0.1, -0.05) is 12.1 Å². The molecule has 0 heterocycles. The van der Waals surface area contributed by atoms with Crippen LogP contribution in [0.15, 0.2) is 53.4 Å². The molecule has 138 valence electrons. The Balaban J connectivity index is 1.95. The van der Waals surface area contributed by atoms with E-state index in [4.69, 9.17) is 0 Å². The van der Waals surface area contributed by atoms with E-state index in [1.165, 1.54) is 18.2 Å². The molecule has 0 unspecified atom stereocenters. The lowest BCUT2D eigenvalue weighted by Crippen LogP contribution is -2.46. The fourth-order valence-corrected chi connectivity index (χ4v) is 3.08. The summed E-state index contributed by atoms with van der Waals surface area (Å²) in [5.41, 5.74) is 3.72. The number of hydrazine groups is 1. The van der Waals surface area contributed by atoms with E-state index in [2.05, 4.69) is 0 Å². The summed E-state index contributed by atoms with van der Waals surface area (Å²) < 4.78 is 51.6. The Morgan fingerprint density at radius 3 is 2.23 bits per heavy atom. The van der Waals surface area contributed by atoms with Crippen LogP contribution in [0.25, 0.3) is 0 Å². The Morgan fingerprint density at radius 1 is 1.00 bits per heavy atom. The molecule has 0 bridgehead atoms. The second kappa shape index (κ2) is 8.02. The van der Waals surface area contributed by atoms with Gasteiger partial charge in [-0.25, -0.2) is 17.2 Å². The van der Waals surface area contributed by atoms with E-state index in [9.17, 15) is 26.8 Å². The molecule has 0 spiro atoms. The summed E-state index contributed by atoms with van der Waals surface area (Å²) in [4.78, 5) is 23.4. The molecule has 2 N–H and O–H groups in total. The first-order chi connectivity index (χ1) is 12.2. The molecular formula is C16H15F2N3O4S. The maximum Gasteiger partial charge on any atom is 0.272 e. The lowest BCUT2D eigenvalue weighted by Gasteiger charge is -2.17. The van der Waals surface area contributed by atoms with Crippen molar-refractivity contribution in [3.8, 4) is 0 Å². The number of hydrogen-bond acceptors (Lipinski definition) is 4. The molecule has 0 aromatic heterocycles. The number of amides is 2. The topological polar surface area (TPSA) is 95.6 Å². The highest BCUT2D eigenvalue weighted by Gasteiger charge is 2.23. The first-order valence-electron chi connectivity index (χ1n) is 7.27. The third-order valence-electron chi connectivity index (χ3n) is 3.32. The van der Waals surface area contributed by atoms with Crippen molar-refractivity contribution < 1.29 is 26.8 Å². The van der Waals surface area contributed by atoms with Crippen LogP contribution in [-0.2, 0) is 14.8 Å². The van der Waals surface area contributed by atoms with Crippen LogP contribution < -0.4 is 10.9 Å². The van der Waals surface area contributed by atoms with Crippen molar-refractivity contribution in [1.82, 2.24) is 15.2 Å². The average molecular weight is 383 g/mol. The summed E-state index contributed by atoms with van der Waals surface area (Å²) in [6.07, 6.45) is 0. The highest BCUT2D eigenvalue weighted by atomic mass is 32.2. The maximum atomic E-state index is 13.5. The van der Waals surface area contributed by atoms with Crippen molar-refractivity contribution in [3.05, 3.63) is 65.7 Å². The number of sulfonamides is 1. The first kappa shape index (κ1) is 19.5. The van der Waals surface area contributed by atoms with Gasteiger partial charge in [0.2, 0.25) is 10.0 Å². The molecule has 0 aliphatic carbocycles. The third kappa shape index (κ3) is 4.61. The molecular weight excluding hydrogens is 368 g/mol. The molecule has 10 heteroatoms. The highest BCUT2D eigenvalue weighted by Crippen LogP contribution is 2.14. The fraction of sp³-hybridized carbons (Fsp3) is 0.125. The van der Waals surface area contributed by atoms with E-state index in [0.29, 0.717) is 0 Å². The van der Waals surface area contributed by atoms with Crippen LogP contribution in [0.4, 0.5) is 8.78 Å². The van der Waals surface area contributed by atoms with E-state index in [1.807, 2.05) is 10.9 Å². The zero-order valence-corrected chi connectivity index (χ0v) is 14.4. The van der Waals surface area contributed by atoms with Crippen LogP contribution in [0, 0.1) is 11.6 Å². The molecule has 0 aliphatic rings. The lowest BCUT2D eigenvalue weighted by atomic mass is 10.2. The molecule has 0 fully saturated rings. The second-order valence-corrected chi connectivity index (χ2v) is 7.24. The van der Waals surface area contributed by atoms with E-state index in [-0.39, 0.29) is 10.5 Å². The minimum absolute atomic E-state index is 0.190. The number of likely N-dealkylation sites (N-methyl/N-ethyl adjacent to an activating group) is 1. The molecule has 0 saturated carbocycles. The van der Waals surface area contributed by atoms with Crippen LogP contribution in [0.2, 0.25) is 0 Å². The largest absolute Gasteiger partial charge is 0.272 e. The van der Waals surface area contributed by atoms with Crippen LogP contribution in [0.5, 0.6) is 0 Å². The van der Waals surface area contributed by atoms with Gasteiger partial charge in [0.05, 0.1) is 17.0 Å². The van der Waals surface area contributed by atoms with Gasteiger partial charge in [-0.15, -0.1) is 0 Å². The number of benzene rings is 2. The standard InChI is InChI=1S/C16H15F2N3O4S/c1-21(26(24,25)12-8-6-11(17)7-9-12)10-15(22)19-20-16(23)13-4-2-3-5-14(13)18/h2-9H,10H2,1H3,(H,19,22)(H,20,23). The van der Waals surface area contributed by atoms with Gasteiger partial charge < -0.3 is 0 Å². The maximum absolute atomic E-state index is 13.5. The van der Waals surface area contributed by atoms with Gasteiger partial charge >= 0.3 is 0 Å².